The molecule has 0 amide bonds. The molecule has 0 aromatic heterocycles. The summed E-state index contributed by atoms with van der Waals surface area (Å²) < 4.78 is 42.8. The summed E-state index contributed by atoms with van der Waals surface area (Å²) in [4.78, 5) is 0. The number of hydrogen-bond acceptors (Lipinski definition) is 2. The summed E-state index contributed by atoms with van der Waals surface area (Å²) in [6.45, 7) is 1.49. The maximum Gasteiger partial charge on any atom is 0.416 e. The van der Waals surface area contributed by atoms with Gasteiger partial charge in [-0.3, -0.25) is 0 Å². The van der Waals surface area contributed by atoms with Crippen molar-refractivity contribution in [1.29, 1.82) is 0 Å². The Morgan fingerprint density at radius 1 is 1.44 bits per heavy atom. The SMILES string of the molecule is CC1(CO)OCc2ccc(C(F)(F)F)cc21. The van der Waals surface area contributed by atoms with Crippen molar-refractivity contribution >= 4 is 0 Å². The molecule has 0 aliphatic carbocycles. The topological polar surface area (TPSA) is 29.5 Å². The van der Waals surface area contributed by atoms with Crippen molar-refractivity contribution in [3.63, 3.8) is 0 Å². The fourth-order valence-corrected chi connectivity index (χ4v) is 1.82. The van der Waals surface area contributed by atoms with E-state index in [0.29, 0.717) is 11.1 Å². The lowest BCUT2D eigenvalue weighted by Crippen LogP contribution is -2.25. The number of fused-ring (bicyclic) bond motifs is 1. The zero-order valence-electron chi connectivity index (χ0n) is 8.64. The van der Waals surface area contributed by atoms with E-state index >= 15 is 0 Å². The van der Waals surface area contributed by atoms with Crippen molar-refractivity contribution in [2.24, 2.45) is 0 Å². The van der Waals surface area contributed by atoms with Crippen LogP contribution < -0.4 is 0 Å². The first-order chi connectivity index (χ1) is 7.37. The van der Waals surface area contributed by atoms with Crippen LogP contribution in [0, 0.1) is 0 Å². The second-order valence-corrected chi connectivity index (χ2v) is 4.05. The predicted molar refractivity (Wildman–Crippen MR) is 50.7 cm³/mol. The maximum absolute atomic E-state index is 12.5. The molecule has 0 fully saturated rings. The molecule has 1 atom stereocenters. The number of aliphatic hydroxyl groups is 1. The molecular weight excluding hydrogens is 221 g/mol. The molecule has 1 aliphatic heterocycles. The summed E-state index contributed by atoms with van der Waals surface area (Å²) in [6, 6.07) is 3.49. The second kappa shape index (κ2) is 3.46. The largest absolute Gasteiger partial charge is 0.416 e. The van der Waals surface area contributed by atoms with Crippen molar-refractivity contribution in [3.05, 3.63) is 34.9 Å². The molecule has 2 nitrogen and oxygen atoms in total. The fraction of sp³-hybridized carbons (Fsp3) is 0.455. The molecule has 5 heteroatoms. The van der Waals surface area contributed by atoms with Crippen LogP contribution >= 0.6 is 0 Å². The van der Waals surface area contributed by atoms with Crippen LogP contribution in [0.5, 0.6) is 0 Å². The summed E-state index contributed by atoms with van der Waals surface area (Å²) in [5, 5.41) is 9.16. The smallest absolute Gasteiger partial charge is 0.393 e. The second-order valence-electron chi connectivity index (χ2n) is 4.05. The molecule has 0 bridgehead atoms. The molecule has 0 saturated carbocycles. The lowest BCUT2D eigenvalue weighted by Gasteiger charge is -2.22. The minimum absolute atomic E-state index is 0.241. The Morgan fingerprint density at radius 3 is 2.69 bits per heavy atom. The zero-order chi connectivity index (χ0) is 12.0. The summed E-state index contributed by atoms with van der Waals surface area (Å²) in [7, 11) is 0. The van der Waals surface area contributed by atoms with Gasteiger partial charge in [-0.1, -0.05) is 6.07 Å². The molecule has 0 spiro atoms. The van der Waals surface area contributed by atoms with E-state index in [1.165, 1.54) is 6.07 Å². The summed E-state index contributed by atoms with van der Waals surface area (Å²) in [5.74, 6) is 0. The van der Waals surface area contributed by atoms with E-state index < -0.39 is 17.3 Å². The highest BCUT2D eigenvalue weighted by atomic mass is 19.4. The van der Waals surface area contributed by atoms with Gasteiger partial charge in [-0.05, 0) is 30.2 Å². The first kappa shape index (κ1) is 11.4. The molecule has 1 heterocycles. The van der Waals surface area contributed by atoms with E-state index in [0.717, 1.165) is 12.1 Å². The van der Waals surface area contributed by atoms with Gasteiger partial charge in [-0.2, -0.15) is 13.2 Å². The molecule has 0 saturated heterocycles. The highest BCUT2D eigenvalue weighted by Gasteiger charge is 2.38. The molecule has 2 rings (SSSR count). The van der Waals surface area contributed by atoms with E-state index in [1.54, 1.807) is 6.92 Å². The maximum atomic E-state index is 12.5. The molecule has 1 aliphatic rings. The first-order valence-corrected chi connectivity index (χ1v) is 4.82. The number of rotatable bonds is 1. The van der Waals surface area contributed by atoms with Crippen molar-refractivity contribution < 1.29 is 23.0 Å². The third-order valence-corrected chi connectivity index (χ3v) is 2.85. The normalized spacial score (nSPS) is 24.6. The lowest BCUT2D eigenvalue weighted by atomic mass is 9.93. The van der Waals surface area contributed by atoms with Crippen molar-refractivity contribution in [2.45, 2.75) is 25.3 Å². The number of alkyl halides is 3. The zero-order valence-corrected chi connectivity index (χ0v) is 8.64. The van der Waals surface area contributed by atoms with Gasteiger partial charge in [0.05, 0.1) is 18.8 Å². The molecular formula is C11H11F3O2. The van der Waals surface area contributed by atoms with E-state index in [1.807, 2.05) is 0 Å². The average Bonchev–Trinajstić information content (AvgIpc) is 2.56. The Kier molecular flexibility index (Phi) is 2.47. The molecule has 1 aromatic rings. The van der Waals surface area contributed by atoms with Gasteiger partial charge >= 0.3 is 6.18 Å². The Balaban J connectivity index is 2.50. The van der Waals surface area contributed by atoms with Gasteiger partial charge in [0, 0.05) is 0 Å². The Labute approximate surface area is 90.7 Å². The Bertz CT molecular complexity index is 414. The Morgan fingerprint density at radius 2 is 2.12 bits per heavy atom. The number of ether oxygens (including phenoxy) is 1. The lowest BCUT2D eigenvalue weighted by molar-refractivity contribution is -0.137. The van der Waals surface area contributed by atoms with Crippen molar-refractivity contribution in [1.82, 2.24) is 0 Å². The standard InChI is InChI=1S/C11H11F3O2/c1-10(6-15)9-4-8(11(12,13)14)3-2-7(9)5-16-10/h2-4,15H,5-6H2,1H3. The molecule has 88 valence electrons. The fourth-order valence-electron chi connectivity index (χ4n) is 1.82. The molecule has 1 aromatic carbocycles. The molecule has 0 radical (unpaired) electrons. The van der Waals surface area contributed by atoms with Crippen LogP contribution in [0.2, 0.25) is 0 Å². The minimum Gasteiger partial charge on any atom is -0.393 e. The highest BCUT2D eigenvalue weighted by molar-refractivity contribution is 5.39. The number of benzene rings is 1. The van der Waals surface area contributed by atoms with Gasteiger partial charge in [-0.15, -0.1) is 0 Å². The molecule has 1 unspecified atom stereocenters. The van der Waals surface area contributed by atoms with Crippen LogP contribution in [0.3, 0.4) is 0 Å². The van der Waals surface area contributed by atoms with E-state index in [-0.39, 0.29) is 13.2 Å². The minimum atomic E-state index is -4.37. The Hall–Kier alpha value is -1.07. The van der Waals surface area contributed by atoms with Crippen LogP contribution in [-0.4, -0.2) is 11.7 Å². The quantitative estimate of drug-likeness (QED) is 0.805. The third kappa shape index (κ3) is 1.70. The van der Waals surface area contributed by atoms with Crippen LogP contribution in [0.4, 0.5) is 13.2 Å². The van der Waals surface area contributed by atoms with Gasteiger partial charge in [0.15, 0.2) is 0 Å². The van der Waals surface area contributed by atoms with Crippen LogP contribution in [0.25, 0.3) is 0 Å². The summed E-state index contributed by atoms with van der Waals surface area (Å²) >= 11 is 0. The first-order valence-electron chi connectivity index (χ1n) is 4.82. The van der Waals surface area contributed by atoms with Crippen LogP contribution in [0.15, 0.2) is 18.2 Å². The van der Waals surface area contributed by atoms with Gasteiger partial charge < -0.3 is 9.84 Å². The van der Waals surface area contributed by atoms with Gasteiger partial charge in [0.25, 0.3) is 0 Å². The average molecular weight is 232 g/mol. The third-order valence-electron chi connectivity index (χ3n) is 2.85. The van der Waals surface area contributed by atoms with Crippen molar-refractivity contribution in [3.8, 4) is 0 Å². The van der Waals surface area contributed by atoms with Gasteiger partial charge in [0.2, 0.25) is 0 Å². The number of hydrogen-bond donors (Lipinski definition) is 1. The number of halogens is 3. The van der Waals surface area contributed by atoms with Crippen LogP contribution in [-0.2, 0) is 23.1 Å². The van der Waals surface area contributed by atoms with E-state index in [4.69, 9.17) is 9.84 Å². The number of aliphatic hydroxyl groups excluding tert-OH is 1. The summed E-state index contributed by atoms with van der Waals surface area (Å²) in [6.07, 6.45) is -4.37. The monoisotopic (exact) mass is 232 g/mol. The van der Waals surface area contributed by atoms with Gasteiger partial charge in [-0.25, -0.2) is 0 Å². The van der Waals surface area contributed by atoms with E-state index in [2.05, 4.69) is 0 Å². The van der Waals surface area contributed by atoms with Crippen LogP contribution in [0.1, 0.15) is 23.6 Å². The molecule has 16 heavy (non-hydrogen) atoms. The van der Waals surface area contributed by atoms with Gasteiger partial charge in [0.1, 0.15) is 5.60 Å². The van der Waals surface area contributed by atoms with E-state index in [9.17, 15) is 13.2 Å². The van der Waals surface area contributed by atoms with Crippen molar-refractivity contribution in [2.75, 3.05) is 6.61 Å². The summed E-state index contributed by atoms with van der Waals surface area (Å²) in [5.41, 5.74) is -0.609. The highest BCUT2D eigenvalue weighted by Crippen LogP contribution is 2.39. The predicted octanol–water partition coefficient (Wildman–Crippen LogP) is 2.44. The molecule has 1 N–H and O–H groups in total.